The van der Waals surface area contributed by atoms with Crippen LogP contribution in [0.1, 0.15) is 28.9 Å². The number of halogens is 1. The van der Waals surface area contributed by atoms with Crippen molar-refractivity contribution in [3.05, 3.63) is 46.1 Å². The van der Waals surface area contributed by atoms with Crippen molar-refractivity contribution in [2.45, 2.75) is 19.9 Å². The number of nitrogens with zero attached hydrogens (tertiary/aromatic N) is 1. The maximum Gasteiger partial charge on any atom is 0.252 e. The van der Waals surface area contributed by atoms with Crippen LogP contribution < -0.4 is 11.1 Å². The Hall–Kier alpha value is -1.82. The lowest BCUT2D eigenvalue weighted by molar-refractivity contribution is 0.0946. The van der Waals surface area contributed by atoms with Gasteiger partial charge in [0.15, 0.2) is 0 Å². The molecule has 0 bridgehead atoms. The largest absolute Gasteiger partial charge is 0.444 e. The van der Waals surface area contributed by atoms with Crippen LogP contribution in [0.2, 0.25) is 0 Å². The van der Waals surface area contributed by atoms with Crippen LogP contribution in [0.4, 0.5) is 5.69 Å². The molecule has 1 amide bonds. The lowest BCUT2D eigenvalue weighted by atomic mass is 10.2. The van der Waals surface area contributed by atoms with Crippen molar-refractivity contribution in [1.82, 2.24) is 10.3 Å². The molecule has 0 aliphatic rings. The normalized spacial score (nSPS) is 10.4. The van der Waals surface area contributed by atoms with Gasteiger partial charge in [0.1, 0.15) is 5.76 Å². The zero-order valence-corrected chi connectivity index (χ0v) is 12.0. The summed E-state index contributed by atoms with van der Waals surface area (Å²) in [6.07, 6.45) is 2.44. The first-order valence-electron chi connectivity index (χ1n) is 5.87. The number of hydrogen-bond acceptors (Lipinski definition) is 4. The van der Waals surface area contributed by atoms with Gasteiger partial charge in [-0.3, -0.25) is 4.79 Å². The molecule has 0 spiro atoms. The van der Waals surface area contributed by atoms with Crippen LogP contribution in [0.25, 0.3) is 0 Å². The van der Waals surface area contributed by atoms with E-state index in [1.165, 1.54) is 0 Å². The number of rotatable bonds is 4. The molecule has 6 heteroatoms. The molecule has 1 aromatic carbocycles. The zero-order chi connectivity index (χ0) is 13.8. The van der Waals surface area contributed by atoms with Crippen LogP contribution in [0, 0.1) is 0 Å². The summed E-state index contributed by atoms with van der Waals surface area (Å²) in [7, 11) is 0. The Balaban J connectivity index is 2.03. The van der Waals surface area contributed by atoms with E-state index in [0.29, 0.717) is 21.6 Å². The maximum absolute atomic E-state index is 12.0. The van der Waals surface area contributed by atoms with Crippen LogP contribution in [0.3, 0.4) is 0 Å². The Morgan fingerprint density at radius 3 is 3.00 bits per heavy atom. The lowest BCUT2D eigenvalue weighted by Crippen LogP contribution is -2.23. The molecule has 0 aliphatic heterocycles. The summed E-state index contributed by atoms with van der Waals surface area (Å²) in [4.78, 5) is 16.1. The molecule has 0 radical (unpaired) electrons. The van der Waals surface area contributed by atoms with Crippen LogP contribution >= 0.6 is 15.9 Å². The van der Waals surface area contributed by atoms with Crippen molar-refractivity contribution >= 4 is 27.5 Å². The van der Waals surface area contributed by atoms with Gasteiger partial charge in [0, 0.05) is 12.1 Å². The van der Waals surface area contributed by atoms with Gasteiger partial charge in [-0.15, -0.1) is 0 Å². The minimum atomic E-state index is -0.226. The topological polar surface area (TPSA) is 81.2 Å². The summed E-state index contributed by atoms with van der Waals surface area (Å²) < 4.78 is 6.00. The number of nitrogen functional groups attached to an aromatic ring is 1. The minimum Gasteiger partial charge on any atom is -0.444 e. The third-order valence-corrected chi connectivity index (χ3v) is 3.51. The number of carbonyl (C=O) groups excluding carboxylic acids is 1. The van der Waals surface area contributed by atoms with Gasteiger partial charge in [-0.25, -0.2) is 4.98 Å². The molecule has 0 aliphatic carbocycles. The van der Waals surface area contributed by atoms with E-state index in [4.69, 9.17) is 10.2 Å². The fourth-order valence-electron chi connectivity index (χ4n) is 1.57. The smallest absolute Gasteiger partial charge is 0.252 e. The monoisotopic (exact) mass is 323 g/mol. The second kappa shape index (κ2) is 5.88. The Morgan fingerprint density at radius 1 is 1.53 bits per heavy atom. The van der Waals surface area contributed by atoms with Crippen LogP contribution in [-0.4, -0.2) is 10.9 Å². The Labute approximate surface area is 119 Å². The van der Waals surface area contributed by atoms with Crippen LogP contribution in [0.15, 0.2) is 33.3 Å². The number of anilines is 1. The van der Waals surface area contributed by atoms with Crippen molar-refractivity contribution in [1.29, 1.82) is 0 Å². The molecule has 1 heterocycles. The first kappa shape index (κ1) is 13.6. The summed E-state index contributed by atoms with van der Waals surface area (Å²) >= 11 is 3.30. The van der Waals surface area contributed by atoms with E-state index in [9.17, 15) is 4.79 Å². The number of benzene rings is 1. The van der Waals surface area contributed by atoms with Gasteiger partial charge in [-0.05, 0) is 28.1 Å². The number of hydrogen-bond donors (Lipinski definition) is 2. The molecule has 3 N–H and O–H groups in total. The maximum atomic E-state index is 12.0. The molecule has 1 aromatic heterocycles. The Bertz CT molecular complexity index is 595. The summed E-state index contributed by atoms with van der Waals surface area (Å²) in [6.45, 7) is 2.23. The van der Waals surface area contributed by atoms with Crippen molar-refractivity contribution < 1.29 is 9.21 Å². The molecule has 0 atom stereocenters. The first-order chi connectivity index (χ1) is 9.11. The Morgan fingerprint density at radius 2 is 2.32 bits per heavy atom. The van der Waals surface area contributed by atoms with Crippen LogP contribution in [-0.2, 0) is 13.0 Å². The summed E-state index contributed by atoms with van der Waals surface area (Å²) in [5, 5.41) is 2.74. The minimum absolute atomic E-state index is 0.226. The molecular formula is C13H14BrN3O2. The van der Waals surface area contributed by atoms with Crippen molar-refractivity contribution in [3.63, 3.8) is 0 Å². The number of carbonyl (C=O) groups is 1. The van der Waals surface area contributed by atoms with Gasteiger partial charge in [0.25, 0.3) is 5.91 Å². The van der Waals surface area contributed by atoms with Crippen LogP contribution in [0.5, 0.6) is 0 Å². The SMILES string of the molecule is CCc1cnc(CNC(=O)c2cccc(N)c2Br)o1. The lowest BCUT2D eigenvalue weighted by Gasteiger charge is -2.06. The molecular weight excluding hydrogens is 310 g/mol. The average Bonchev–Trinajstić information content (AvgIpc) is 2.87. The number of oxazole rings is 1. The van der Waals surface area contributed by atoms with Gasteiger partial charge in [0.05, 0.1) is 22.8 Å². The second-order valence-corrected chi connectivity index (χ2v) is 4.76. The van der Waals surface area contributed by atoms with E-state index in [0.717, 1.165) is 12.2 Å². The van der Waals surface area contributed by atoms with E-state index >= 15 is 0 Å². The zero-order valence-electron chi connectivity index (χ0n) is 10.4. The second-order valence-electron chi connectivity index (χ2n) is 3.97. The van der Waals surface area contributed by atoms with Gasteiger partial charge in [-0.2, -0.15) is 0 Å². The van der Waals surface area contributed by atoms with E-state index in [1.54, 1.807) is 24.4 Å². The number of amides is 1. The molecule has 100 valence electrons. The van der Waals surface area contributed by atoms with Gasteiger partial charge >= 0.3 is 0 Å². The molecule has 0 fully saturated rings. The predicted octanol–water partition coefficient (Wildman–Crippen LogP) is 2.51. The number of nitrogens with one attached hydrogen (secondary N) is 1. The number of aryl methyl sites for hydroxylation is 1. The number of aromatic nitrogens is 1. The molecule has 2 rings (SSSR count). The molecule has 0 saturated heterocycles. The highest BCUT2D eigenvalue weighted by Gasteiger charge is 2.12. The Kier molecular flexibility index (Phi) is 4.21. The highest BCUT2D eigenvalue weighted by Crippen LogP contribution is 2.23. The molecule has 19 heavy (non-hydrogen) atoms. The number of nitrogens with two attached hydrogens (primary N) is 1. The third kappa shape index (κ3) is 3.14. The summed E-state index contributed by atoms with van der Waals surface area (Å²) in [5.74, 6) is 1.06. The highest BCUT2D eigenvalue weighted by molar-refractivity contribution is 9.10. The molecule has 5 nitrogen and oxygen atoms in total. The summed E-state index contributed by atoms with van der Waals surface area (Å²) in [6, 6.07) is 5.15. The molecule has 0 unspecified atom stereocenters. The third-order valence-electron chi connectivity index (χ3n) is 2.62. The van der Waals surface area contributed by atoms with Gasteiger partial charge < -0.3 is 15.5 Å². The summed E-state index contributed by atoms with van der Waals surface area (Å²) in [5.41, 5.74) is 6.74. The molecule has 0 saturated carbocycles. The average molecular weight is 324 g/mol. The molecule has 2 aromatic rings. The fraction of sp³-hybridized carbons (Fsp3) is 0.231. The van der Waals surface area contributed by atoms with Gasteiger partial charge in [-0.1, -0.05) is 13.0 Å². The first-order valence-corrected chi connectivity index (χ1v) is 6.67. The standard InChI is InChI=1S/C13H14BrN3O2/c1-2-8-6-16-11(19-8)7-17-13(18)9-4-3-5-10(15)12(9)14/h3-6H,2,7,15H2,1H3,(H,17,18). The fourth-order valence-corrected chi connectivity index (χ4v) is 2.01. The van der Waals surface area contributed by atoms with Crippen molar-refractivity contribution in [2.75, 3.05) is 5.73 Å². The van der Waals surface area contributed by atoms with E-state index in [-0.39, 0.29) is 12.5 Å². The van der Waals surface area contributed by atoms with E-state index < -0.39 is 0 Å². The predicted molar refractivity (Wildman–Crippen MR) is 75.6 cm³/mol. The quantitative estimate of drug-likeness (QED) is 0.847. The highest BCUT2D eigenvalue weighted by atomic mass is 79.9. The van der Waals surface area contributed by atoms with E-state index in [1.807, 2.05) is 6.92 Å². The van der Waals surface area contributed by atoms with Crippen molar-refractivity contribution in [2.24, 2.45) is 0 Å². The van der Waals surface area contributed by atoms with Crippen molar-refractivity contribution in [3.8, 4) is 0 Å². The van der Waals surface area contributed by atoms with Gasteiger partial charge in [0.2, 0.25) is 5.89 Å². The van der Waals surface area contributed by atoms with E-state index in [2.05, 4.69) is 26.2 Å².